The lowest BCUT2D eigenvalue weighted by molar-refractivity contribution is 1.11. The average Bonchev–Trinajstić information content (AvgIpc) is 2.18. The number of hydrogen-bond donors (Lipinski definition) is 1. The van der Waals surface area contributed by atoms with Crippen LogP contribution in [0, 0.1) is 13.8 Å². The van der Waals surface area contributed by atoms with Crippen molar-refractivity contribution in [3.8, 4) is 0 Å². The van der Waals surface area contributed by atoms with Crippen LogP contribution in [0.3, 0.4) is 0 Å². The number of allylic oxidation sites excluding steroid dienone is 1. The van der Waals surface area contributed by atoms with E-state index in [0.29, 0.717) is 0 Å². The van der Waals surface area contributed by atoms with Gasteiger partial charge in [-0.05, 0) is 49.1 Å². The molecule has 0 aromatic heterocycles. The van der Waals surface area contributed by atoms with Gasteiger partial charge in [0.1, 0.15) is 0 Å². The van der Waals surface area contributed by atoms with Crippen molar-refractivity contribution in [2.24, 2.45) is 0 Å². The first-order valence-electron chi connectivity index (χ1n) is 5.40. The van der Waals surface area contributed by atoms with Crippen LogP contribution in [-0.4, -0.2) is 0 Å². The minimum absolute atomic E-state index is 1.03. The Labute approximate surface area is 91.5 Å². The zero-order valence-electron chi connectivity index (χ0n) is 9.65. The van der Waals surface area contributed by atoms with Crippen molar-refractivity contribution in [1.82, 2.24) is 0 Å². The van der Waals surface area contributed by atoms with E-state index in [2.05, 4.69) is 50.9 Å². The molecule has 1 aromatic rings. The number of nitrogens with one attached hydrogen (secondary N) is 1. The molecule has 1 aliphatic heterocycles. The van der Waals surface area contributed by atoms with Crippen LogP contribution in [0.1, 0.15) is 30.0 Å². The van der Waals surface area contributed by atoms with E-state index in [1.807, 2.05) is 0 Å². The molecule has 0 saturated carbocycles. The quantitative estimate of drug-likeness (QED) is 0.720. The second-order valence-corrected chi connectivity index (χ2v) is 4.17. The first-order valence-corrected chi connectivity index (χ1v) is 5.40. The smallest absolute Gasteiger partial charge is 0.0487 e. The number of hydrogen-bond acceptors (Lipinski definition) is 1. The molecule has 0 spiro atoms. The molecule has 1 heterocycles. The Morgan fingerprint density at radius 2 is 2.00 bits per heavy atom. The summed E-state index contributed by atoms with van der Waals surface area (Å²) in [6.07, 6.45) is 3.27. The highest BCUT2D eigenvalue weighted by atomic mass is 14.9. The predicted molar refractivity (Wildman–Crippen MR) is 66.9 cm³/mol. The van der Waals surface area contributed by atoms with Crippen LogP contribution in [-0.2, 0) is 0 Å². The van der Waals surface area contributed by atoms with Crippen LogP contribution in [0.15, 0.2) is 30.0 Å². The predicted octanol–water partition coefficient (Wildman–Crippen LogP) is 4.04. The molecule has 0 atom stereocenters. The molecule has 1 nitrogen and oxygen atoms in total. The molecule has 1 aromatic carbocycles. The van der Waals surface area contributed by atoms with E-state index < -0.39 is 0 Å². The van der Waals surface area contributed by atoms with Crippen LogP contribution in [0.5, 0.6) is 0 Å². The monoisotopic (exact) mass is 199 g/mol. The Morgan fingerprint density at radius 1 is 1.27 bits per heavy atom. The Balaban J connectivity index is 2.60. The molecule has 0 amide bonds. The molecule has 78 valence electrons. The highest BCUT2D eigenvalue weighted by Gasteiger charge is 2.13. The first-order chi connectivity index (χ1) is 7.11. The summed E-state index contributed by atoms with van der Waals surface area (Å²) in [6, 6.07) is 4.42. The van der Waals surface area contributed by atoms with Crippen molar-refractivity contribution in [2.75, 3.05) is 5.32 Å². The molecular weight excluding hydrogens is 182 g/mol. The van der Waals surface area contributed by atoms with E-state index in [9.17, 15) is 0 Å². The van der Waals surface area contributed by atoms with E-state index >= 15 is 0 Å². The summed E-state index contributed by atoms with van der Waals surface area (Å²) < 4.78 is 0. The van der Waals surface area contributed by atoms with Gasteiger partial charge in [-0.25, -0.2) is 0 Å². The largest absolute Gasteiger partial charge is 0.355 e. The fourth-order valence-electron chi connectivity index (χ4n) is 2.11. The summed E-state index contributed by atoms with van der Waals surface area (Å²) in [5.74, 6) is 0. The van der Waals surface area contributed by atoms with Gasteiger partial charge in [-0.15, -0.1) is 0 Å². The van der Waals surface area contributed by atoms with Crippen molar-refractivity contribution >= 4 is 11.8 Å². The van der Waals surface area contributed by atoms with Gasteiger partial charge in [0.2, 0.25) is 0 Å². The van der Waals surface area contributed by atoms with E-state index in [1.165, 1.54) is 28.0 Å². The maximum atomic E-state index is 4.05. The van der Waals surface area contributed by atoms with Gasteiger partial charge in [-0.1, -0.05) is 25.1 Å². The van der Waals surface area contributed by atoms with Crippen molar-refractivity contribution < 1.29 is 0 Å². The number of anilines is 1. The van der Waals surface area contributed by atoms with E-state index in [0.717, 1.165) is 12.1 Å². The molecule has 1 heteroatoms. The second-order valence-electron chi connectivity index (χ2n) is 4.17. The average molecular weight is 199 g/mol. The Kier molecular flexibility index (Phi) is 2.39. The van der Waals surface area contributed by atoms with Crippen molar-refractivity contribution in [1.29, 1.82) is 0 Å². The molecule has 2 rings (SSSR count). The van der Waals surface area contributed by atoms with Crippen molar-refractivity contribution in [3.05, 3.63) is 46.7 Å². The van der Waals surface area contributed by atoms with Gasteiger partial charge < -0.3 is 5.32 Å². The van der Waals surface area contributed by atoms with Gasteiger partial charge in [-0.3, -0.25) is 0 Å². The minimum atomic E-state index is 1.03. The van der Waals surface area contributed by atoms with E-state index in [1.54, 1.807) is 0 Å². The Hall–Kier alpha value is -1.50. The van der Waals surface area contributed by atoms with Gasteiger partial charge in [0.25, 0.3) is 0 Å². The molecule has 0 unspecified atom stereocenters. The Morgan fingerprint density at radius 3 is 2.67 bits per heavy atom. The fourth-order valence-corrected chi connectivity index (χ4v) is 2.11. The lowest BCUT2D eigenvalue weighted by atomic mass is 9.96. The second kappa shape index (κ2) is 3.58. The zero-order valence-corrected chi connectivity index (χ0v) is 9.65. The SMILES string of the molecule is C=C1Nc2c(C)cc(C)cc2C=C1CC. The van der Waals surface area contributed by atoms with Crippen LogP contribution < -0.4 is 5.32 Å². The van der Waals surface area contributed by atoms with E-state index in [-0.39, 0.29) is 0 Å². The van der Waals surface area contributed by atoms with E-state index in [4.69, 9.17) is 0 Å². The third-order valence-electron chi connectivity index (χ3n) is 2.88. The van der Waals surface area contributed by atoms with Gasteiger partial charge in [0, 0.05) is 11.4 Å². The molecule has 0 radical (unpaired) electrons. The summed E-state index contributed by atoms with van der Waals surface area (Å²) in [5, 5.41) is 3.39. The lowest BCUT2D eigenvalue weighted by Gasteiger charge is -2.22. The summed E-state index contributed by atoms with van der Waals surface area (Å²) >= 11 is 0. The number of fused-ring (bicyclic) bond motifs is 1. The molecule has 0 bridgehead atoms. The topological polar surface area (TPSA) is 12.0 Å². The molecular formula is C14H17N. The van der Waals surface area contributed by atoms with Crippen LogP contribution >= 0.6 is 0 Å². The van der Waals surface area contributed by atoms with Crippen LogP contribution in [0.2, 0.25) is 0 Å². The lowest BCUT2D eigenvalue weighted by Crippen LogP contribution is -2.08. The van der Waals surface area contributed by atoms with Gasteiger partial charge in [0.05, 0.1) is 0 Å². The highest BCUT2D eigenvalue weighted by Crippen LogP contribution is 2.33. The standard InChI is InChI=1S/C14H17N/c1-5-12-8-13-7-9(2)6-10(3)14(13)15-11(12)4/h6-8,15H,4-5H2,1-3H3. The van der Waals surface area contributed by atoms with Gasteiger partial charge >= 0.3 is 0 Å². The van der Waals surface area contributed by atoms with Gasteiger partial charge in [0.15, 0.2) is 0 Å². The van der Waals surface area contributed by atoms with Crippen molar-refractivity contribution in [3.63, 3.8) is 0 Å². The summed E-state index contributed by atoms with van der Waals surface area (Å²) in [5.41, 5.74) is 7.44. The molecule has 0 aliphatic carbocycles. The molecule has 0 saturated heterocycles. The third-order valence-corrected chi connectivity index (χ3v) is 2.88. The molecule has 0 fully saturated rings. The fraction of sp³-hybridized carbons (Fsp3) is 0.286. The summed E-state index contributed by atoms with van der Waals surface area (Å²) in [4.78, 5) is 0. The first kappa shape index (κ1) is 10.0. The molecule has 1 aliphatic rings. The minimum Gasteiger partial charge on any atom is -0.355 e. The summed E-state index contributed by atoms with van der Waals surface area (Å²) in [6.45, 7) is 10.5. The maximum Gasteiger partial charge on any atom is 0.0487 e. The Bertz CT molecular complexity index is 453. The van der Waals surface area contributed by atoms with Gasteiger partial charge in [-0.2, -0.15) is 0 Å². The van der Waals surface area contributed by atoms with Crippen molar-refractivity contribution in [2.45, 2.75) is 27.2 Å². The molecule has 1 N–H and O–H groups in total. The highest BCUT2D eigenvalue weighted by molar-refractivity contribution is 5.80. The van der Waals surface area contributed by atoms with Crippen LogP contribution in [0.4, 0.5) is 5.69 Å². The van der Waals surface area contributed by atoms with Crippen LogP contribution in [0.25, 0.3) is 6.08 Å². The maximum absolute atomic E-state index is 4.05. The number of benzene rings is 1. The zero-order chi connectivity index (χ0) is 11.0. The third kappa shape index (κ3) is 1.70. The number of rotatable bonds is 1. The summed E-state index contributed by atoms with van der Waals surface area (Å²) in [7, 11) is 0. The normalized spacial score (nSPS) is 14.3. The molecule has 15 heavy (non-hydrogen) atoms. The number of aryl methyl sites for hydroxylation is 2.